The van der Waals surface area contributed by atoms with Crippen molar-refractivity contribution in [3.63, 3.8) is 0 Å². The molecule has 18 heavy (non-hydrogen) atoms. The molecule has 1 aromatic carbocycles. The maximum atomic E-state index is 10.2. The Morgan fingerprint density at radius 3 is 2.67 bits per heavy atom. The van der Waals surface area contributed by atoms with E-state index < -0.39 is 6.10 Å². The fraction of sp³-hybridized carbons (Fsp3) is 0.600. The van der Waals surface area contributed by atoms with E-state index in [2.05, 4.69) is 5.32 Å². The van der Waals surface area contributed by atoms with Gasteiger partial charge in [-0.05, 0) is 62.4 Å². The van der Waals surface area contributed by atoms with Gasteiger partial charge in [0.15, 0.2) is 0 Å². The highest BCUT2D eigenvalue weighted by Crippen LogP contribution is 2.27. The van der Waals surface area contributed by atoms with Crippen LogP contribution < -0.4 is 10.1 Å². The Bertz CT molecular complexity index is 413. The average Bonchev–Trinajstić information content (AvgIpc) is 3.14. The van der Waals surface area contributed by atoms with E-state index in [1.807, 2.05) is 32.9 Å². The van der Waals surface area contributed by atoms with Gasteiger partial charge in [-0.1, -0.05) is 0 Å². The van der Waals surface area contributed by atoms with Crippen molar-refractivity contribution in [3.05, 3.63) is 28.8 Å². The molecule has 1 aliphatic carbocycles. The number of aliphatic hydroxyl groups is 1. The summed E-state index contributed by atoms with van der Waals surface area (Å²) in [7, 11) is 0. The zero-order chi connectivity index (χ0) is 13.1. The maximum Gasteiger partial charge on any atom is 0.122 e. The smallest absolute Gasteiger partial charge is 0.122 e. The number of ether oxygens (including phenoxy) is 1. The van der Waals surface area contributed by atoms with Gasteiger partial charge in [0, 0.05) is 12.6 Å². The molecular weight excluding hydrogens is 226 g/mol. The molecule has 0 saturated heterocycles. The first-order valence-corrected chi connectivity index (χ1v) is 6.77. The quantitative estimate of drug-likeness (QED) is 0.814. The van der Waals surface area contributed by atoms with E-state index in [1.165, 1.54) is 12.8 Å². The van der Waals surface area contributed by atoms with Crippen LogP contribution in [0, 0.1) is 13.8 Å². The summed E-state index contributed by atoms with van der Waals surface area (Å²) in [5, 5.41) is 13.6. The Balaban J connectivity index is 2.08. The van der Waals surface area contributed by atoms with Crippen molar-refractivity contribution in [2.75, 3.05) is 13.2 Å². The van der Waals surface area contributed by atoms with Crippen molar-refractivity contribution in [2.45, 2.75) is 45.8 Å². The second-order valence-electron chi connectivity index (χ2n) is 5.11. The summed E-state index contributed by atoms with van der Waals surface area (Å²) in [6, 6.07) is 4.69. The van der Waals surface area contributed by atoms with Crippen molar-refractivity contribution in [3.8, 4) is 5.75 Å². The maximum absolute atomic E-state index is 10.2. The zero-order valence-electron chi connectivity index (χ0n) is 11.5. The predicted octanol–water partition coefficient (Wildman–Crippen LogP) is 2.49. The largest absolute Gasteiger partial charge is 0.494 e. The second kappa shape index (κ2) is 5.72. The van der Waals surface area contributed by atoms with Gasteiger partial charge in [-0.15, -0.1) is 0 Å². The Labute approximate surface area is 109 Å². The lowest BCUT2D eigenvalue weighted by molar-refractivity contribution is 0.173. The van der Waals surface area contributed by atoms with Crippen LogP contribution in [-0.4, -0.2) is 24.3 Å². The lowest BCUT2D eigenvalue weighted by Gasteiger charge is -2.17. The first-order chi connectivity index (χ1) is 8.61. The third kappa shape index (κ3) is 3.24. The fourth-order valence-corrected chi connectivity index (χ4v) is 2.16. The molecule has 1 aliphatic rings. The molecule has 3 nitrogen and oxygen atoms in total. The molecule has 0 bridgehead atoms. The standard InChI is InChI=1S/C15H23NO2/c1-4-18-15-8-10(2)13(7-11(15)3)14(17)9-16-12-5-6-12/h7-8,12,14,16-17H,4-6,9H2,1-3H3. The summed E-state index contributed by atoms with van der Waals surface area (Å²) in [5.41, 5.74) is 3.18. The summed E-state index contributed by atoms with van der Waals surface area (Å²) >= 11 is 0. The molecule has 0 spiro atoms. The first-order valence-electron chi connectivity index (χ1n) is 6.77. The molecule has 2 rings (SSSR count). The monoisotopic (exact) mass is 249 g/mol. The zero-order valence-corrected chi connectivity index (χ0v) is 11.5. The molecule has 3 heteroatoms. The Morgan fingerprint density at radius 1 is 1.33 bits per heavy atom. The number of hydrogen-bond acceptors (Lipinski definition) is 3. The third-order valence-corrected chi connectivity index (χ3v) is 3.40. The second-order valence-corrected chi connectivity index (χ2v) is 5.11. The van der Waals surface area contributed by atoms with Crippen molar-refractivity contribution >= 4 is 0 Å². The molecule has 1 saturated carbocycles. The van der Waals surface area contributed by atoms with E-state index in [0.29, 0.717) is 19.2 Å². The van der Waals surface area contributed by atoms with E-state index in [-0.39, 0.29) is 0 Å². The molecule has 0 aliphatic heterocycles. The summed E-state index contributed by atoms with van der Waals surface area (Å²) in [6.07, 6.45) is 2.06. The Kier molecular flexibility index (Phi) is 4.25. The van der Waals surface area contributed by atoms with Crippen LogP contribution in [0.2, 0.25) is 0 Å². The summed E-state index contributed by atoms with van der Waals surface area (Å²) in [6.45, 7) is 7.34. The Hall–Kier alpha value is -1.06. The highest BCUT2D eigenvalue weighted by Gasteiger charge is 2.22. The lowest BCUT2D eigenvalue weighted by atomic mass is 10.00. The normalized spacial score (nSPS) is 16.7. The predicted molar refractivity (Wildman–Crippen MR) is 73.1 cm³/mol. The van der Waals surface area contributed by atoms with Crippen molar-refractivity contribution in [1.82, 2.24) is 5.32 Å². The SMILES string of the molecule is CCOc1cc(C)c(C(O)CNC2CC2)cc1C. The van der Waals surface area contributed by atoms with Crippen molar-refractivity contribution in [2.24, 2.45) is 0 Å². The van der Waals surface area contributed by atoms with E-state index in [9.17, 15) is 5.11 Å². The Morgan fingerprint density at radius 2 is 2.06 bits per heavy atom. The van der Waals surface area contributed by atoms with Crippen molar-refractivity contribution in [1.29, 1.82) is 0 Å². The molecule has 1 fully saturated rings. The van der Waals surface area contributed by atoms with E-state index in [4.69, 9.17) is 4.74 Å². The third-order valence-electron chi connectivity index (χ3n) is 3.40. The number of hydrogen-bond donors (Lipinski definition) is 2. The molecule has 1 unspecified atom stereocenters. The topological polar surface area (TPSA) is 41.5 Å². The highest BCUT2D eigenvalue weighted by molar-refractivity contribution is 5.42. The first kappa shape index (κ1) is 13.4. The van der Waals surface area contributed by atoms with Gasteiger partial charge in [-0.3, -0.25) is 0 Å². The number of aryl methyl sites for hydroxylation is 2. The van der Waals surface area contributed by atoms with Gasteiger partial charge in [-0.2, -0.15) is 0 Å². The van der Waals surface area contributed by atoms with Gasteiger partial charge in [0.25, 0.3) is 0 Å². The minimum absolute atomic E-state index is 0.431. The van der Waals surface area contributed by atoms with Crippen LogP contribution in [0.4, 0.5) is 0 Å². The molecule has 0 radical (unpaired) electrons. The summed E-state index contributed by atoms with van der Waals surface area (Å²) in [4.78, 5) is 0. The average molecular weight is 249 g/mol. The van der Waals surface area contributed by atoms with E-state index >= 15 is 0 Å². The van der Waals surface area contributed by atoms with Crippen LogP contribution in [0.1, 0.15) is 42.6 Å². The number of benzene rings is 1. The van der Waals surface area contributed by atoms with Gasteiger partial charge < -0.3 is 15.2 Å². The molecule has 2 N–H and O–H groups in total. The van der Waals surface area contributed by atoms with Crippen LogP contribution >= 0.6 is 0 Å². The van der Waals surface area contributed by atoms with E-state index in [0.717, 1.165) is 22.4 Å². The number of aliphatic hydroxyl groups excluding tert-OH is 1. The molecule has 0 amide bonds. The van der Waals surface area contributed by atoms with Crippen LogP contribution in [-0.2, 0) is 0 Å². The summed E-state index contributed by atoms with van der Waals surface area (Å²) < 4.78 is 5.56. The van der Waals surface area contributed by atoms with Crippen LogP contribution in [0.3, 0.4) is 0 Å². The van der Waals surface area contributed by atoms with Gasteiger partial charge in [-0.25, -0.2) is 0 Å². The highest BCUT2D eigenvalue weighted by atomic mass is 16.5. The van der Waals surface area contributed by atoms with Crippen LogP contribution in [0.25, 0.3) is 0 Å². The molecule has 100 valence electrons. The molecule has 0 heterocycles. The van der Waals surface area contributed by atoms with E-state index in [1.54, 1.807) is 0 Å². The number of nitrogens with one attached hydrogen (secondary N) is 1. The van der Waals surface area contributed by atoms with Gasteiger partial charge in [0.1, 0.15) is 5.75 Å². The van der Waals surface area contributed by atoms with Crippen LogP contribution in [0.5, 0.6) is 5.75 Å². The van der Waals surface area contributed by atoms with Gasteiger partial charge >= 0.3 is 0 Å². The summed E-state index contributed by atoms with van der Waals surface area (Å²) in [5.74, 6) is 0.918. The minimum Gasteiger partial charge on any atom is -0.494 e. The van der Waals surface area contributed by atoms with Crippen molar-refractivity contribution < 1.29 is 9.84 Å². The molecule has 1 atom stereocenters. The molecule has 1 aromatic rings. The molecular formula is C15H23NO2. The van der Waals surface area contributed by atoms with Gasteiger partial charge in [0.05, 0.1) is 12.7 Å². The lowest BCUT2D eigenvalue weighted by Crippen LogP contribution is -2.23. The van der Waals surface area contributed by atoms with Crippen LogP contribution in [0.15, 0.2) is 12.1 Å². The molecule has 0 aromatic heterocycles. The van der Waals surface area contributed by atoms with Gasteiger partial charge in [0.2, 0.25) is 0 Å². The fourth-order valence-electron chi connectivity index (χ4n) is 2.16. The number of rotatable bonds is 6. The minimum atomic E-state index is -0.431.